The van der Waals surface area contributed by atoms with Gasteiger partial charge in [-0.25, -0.2) is 0 Å². The molecule has 4 rings (SSSR count). The van der Waals surface area contributed by atoms with Gasteiger partial charge in [0.05, 0.1) is 0 Å². The smallest absolute Gasteiger partial charge is 0 e. The van der Waals surface area contributed by atoms with E-state index in [9.17, 15) is 0 Å². The molecule has 0 N–H and O–H groups in total. The molecule has 0 bridgehead atoms. The van der Waals surface area contributed by atoms with E-state index in [4.69, 9.17) is 0 Å². The van der Waals surface area contributed by atoms with E-state index in [2.05, 4.69) is 63.2 Å². The molecule has 3 aromatic carbocycles. The summed E-state index contributed by atoms with van der Waals surface area (Å²) < 4.78 is 0. The molecule has 1 aliphatic carbocycles. The first kappa shape index (κ1) is 17.7. The Morgan fingerprint density at radius 2 is 1.58 bits per heavy atom. The maximum absolute atomic E-state index is 2.47. The maximum atomic E-state index is 2.47. The third-order valence-corrected chi connectivity index (χ3v) is 5.54. The first-order chi connectivity index (χ1) is 11.1. The zero-order valence-corrected chi connectivity index (χ0v) is 17.4. The van der Waals surface area contributed by atoms with E-state index in [1.807, 2.05) is 0 Å². The van der Waals surface area contributed by atoms with Crippen molar-refractivity contribution in [3.8, 4) is 11.1 Å². The molecule has 0 unspecified atom stereocenters. The van der Waals surface area contributed by atoms with Crippen molar-refractivity contribution in [2.24, 2.45) is 0 Å². The molecule has 122 valence electrons. The number of aryl methyl sites for hydroxylation is 3. The quantitative estimate of drug-likeness (QED) is 0.420. The van der Waals surface area contributed by atoms with Crippen LogP contribution in [0.3, 0.4) is 0 Å². The summed E-state index contributed by atoms with van der Waals surface area (Å²) in [5.74, 6) is 0.787. The van der Waals surface area contributed by atoms with Crippen LogP contribution in [0.5, 0.6) is 0 Å². The Bertz CT molecular complexity index is 843. The van der Waals surface area contributed by atoms with Gasteiger partial charge in [-0.05, 0) is 38.2 Å². The van der Waals surface area contributed by atoms with Crippen LogP contribution in [0.1, 0.15) is 53.9 Å². The van der Waals surface area contributed by atoms with Crippen LogP contribution in [0.4, 0.5) is 0 Å². The summed E-state index contributed by atoms with van der Waals surface area (Å²) in [7, 11) is 0. The van der Waals surface area contributed by atoms with Gasteiger partial charge >= 0.3 is 0 Å². The number of rotatable bonds is 2. The Balaban J connectivity index is 0.00000169. The Hall–Kier alpha value is -1.07. The SMILES string of the molecule is Cc1cc(C)cc(-c2cccc3[cH-]c(C4CCCC4)c(C)c23)c1.[Zr]. The molecule has 0 aliphatic heterocycles. The van der Waals surface area contributed by atoms with Crippen LogP contribution >= 0.6 is 0 Å². The number of hydrogen-bond acceptors (Lipinski definition) is 0. The van der Waals surface area contributed by atoms with E-state index in [-0.39, 0.29) is 26.2 Å². The normalized spacial score (nSPS) is 15.0. The fraction of sp³-hybridized carbons (Fsp3) is 0.348. The van der Waals surface area contributed by atoms with Crippen LogP contribution in [-0.2, 0) is 26.2 Å². The minimum absolute atomic E-state index is 0. The molecule has 0 saturated heterocycles. The Morgan fingerprint density at radius 3 is 2.25 bits per heavy atom. The topological polar surface area (TPSA) is 0 Å². The van der Waals surface area contributed by atoms with Crippen molar-refractivity contribution in [1.29, 1.82) is 0 Å². The average molecular weight is 393 g/mol. The molecule has 0 aromatic heterocycles. The van der Waals surface area contributed by atoms with Crippen LogP contribution < -0.4 is 0 Å². The first-order valence-electron chi connectivity index (χ1n) is 8.91. The second kappa shape index (κ2) is 7.05. The van der Waals surface area contributed by atoms with Gasteiger partial charge in [-0.2, -0.15) is 5.56 Å². The number of benzene rings is 2. The molecule has 1 heteroatoms. The fourth-order valence-corrected chi connectivity index (χ4v) is 4.56. The molecular formula is C23H25Zr-. The minimum Gasteiger partial charge on any atom is -0.152 e. The molecule has 1 aliphatic rings. The standard InChI is InChI=1S/C23H25.Zr/c1-15-11-16(2)13-20(12-15)21-10-6-9-19-14-22(17(3)23(19)21)18-7-4-5-8-18;/h6,9-14,18H,4-5,7-8H2,1-3H3;/q-1;. The molecule has 1 saturated carbocycles. The van der Waals surface area contributed by atoms with Crippen LogP contribution in [-0.4, -0.2) is 0 Å². The van der Waals surface area contributed by atoms with Crippen LogP contribution in [0.25, 0.3) is 21.9 Å². The Morgan fingerprint density at radius 1 is 0.917 bits per heavy atom. The second-order valence-electron chi connectivity index (χ2n) is 7.35. The summed E-state index contributed by atoms with van der Waals surface area (Å²) in [4.78, 5) is 0. The zero-order chi connectivity index (χ0) is 16.0. The third kappa shape index (κ3) is 3.08. The van der Waals surface area contributed by atoms with Crippen molar-refractivity contribution < 1.29 is 26.2 Å². The summed E-state index contributed by atoms with van der Waals surface area (Å²) in [5, 5.41) is 2.89. The second-order valence-corrected chi connectivity index (χ2v) is 7.35. The van der Waals surface area contributed by atoms with Crippen LogP contribution in [0, 0.1) is 20.8 Å². The van der Waals surface area contributed by atoms with Gasteiger partial charge in [-0.3, -0.25) is 0 Å². The summed E-state index contributed by atoms with van der Waals surface area (Å²) in [6.07, 6.45) is 5.54. The predicted molar refractivity (Wildman–Crippen MR) is 100 cm³/mol. The molecule has 0 amide bonds. The Labute approximate surface area is 164 Å². The summed E-state index contributed by atoms with van der Waals surface area (Å²) in [5.41, 5.74) is 8.57. The van der Waals surface area contributed by atoms with Gasteiger partial charge in [0.2, 0.25) is 0 Å². The third-order valence-electron chi connectivity index (χ3n) is 5.54. The van der Waals surface area contributed by atoms with Crippen molar-refractivity contribution in [2.45, 2.75) is 52.4 Å². The molecule has 3 aromatic rings. The van der Waals surface area contributed by atoms with Crippen molar-refractivity contribution in [3.63, 3.8) is 0 Å². The van der Waals surface area contributed by atoms with Crippen molar-refractivity contribution in [2.75, 3.05) is 0 Å². The number of hydrogen-bond donors (Lipinski definition) is 0. The monoisotopic (exact) mass is 391 g/mol. The van der Waals surface area contributed by atoms with Crippen molar-refractivity contribution in [1.82, 2.24) is 0 Å². The molecule has 0 radical (unpaired) electrons. The van der Waals surface area contributed by atoms with Gasteiger partial charge in [-0.1, -0.05) is 60.7 Å². The number of fused-ring (bicyclic) bond motifs is 1. The van der Waals surface area contributed by atoms with Gasteiger partial charge in [0.15, 0.2) is 0 Å². The van der Waals surface area contributed by atoms with Gasteiger partial charge in [0.25, 0.3) is 0 Å². The van der Waals surface area contributed by atoms with Crippen molar-refractivity contribution >= 4 is 10.8 Å². The van der Waals surface area contributed by atoms with Gasteiger partial charge in [0.1, 0.15) is 0 Å². The van der Waals surface area contributed by atoms with Gasteiger partial charge in [-0.15, -0.1) is 34.5 Å². The molecule has 1 fully saturated rings. The Kier molecular flexibility index (Phi) is 5.21. The molecule has 0 atom stereocenters. The van der Waals surface area contributed by atoms with Gasteiger partial charge in [0, 0.05) is 26.2 Å². The van der Waals surface area contributed by atoms with Crippen LogP contribution in [0.2, 0.25) is 0 Å². The van der Waals surface area contributed by atoms with E-state index in [1.54, 1.807) is 5.56 Å². The van der Waals surface area contributed by atoms with E-state index >= 15 is 0 Å². The molecule has 0 nitrogen and oxygen atoms in total. The average Bonchev–Trinajstić information content (AvgIpc) is 3.14. The first-order valence-corrected chi connectivity index (χ1v) is 8.91. The van der Waals surface area contributed by atoms with Crippen LogP contribution in [0.15, 0.2) is 42.5 Å². The zero-order valence-electron chi connectivity index (χ0n) is 14.9. The maximum Gasteiger partial charge on any atom is 0 e. The molecule has 24 heavy (non-hydrogen) atoms. The van der Waals surface area contributed by atoms with E-state index < -0.39 is 0 Å². The molecule has 0 spiro atoms. The van der Waals surface area contributed by atoms with Crippen molar-refractivity contribution in [3.05, 3.63) is 64.7 Å². The molecule has 0 heterocycles. The van der Waals surface area contributed by atoms with E-state index in [0.717, 1.165) is 5.92 Å². The van der Waals surface area contributed by atoms with E-state index in [0.29, 0.717) is 0 Å². The fourth-order valence-electron chi connectivity index (χ4n) is 4.56. The minimum atomic E-state index is 0. The van der Waals surface area contributed by atoms with Gasteiger partial charge < -0.3 is 0 Å². The summed E-state index contributed by atoms with van der Waals surface area (Å²) in [6.45, 7) is 6.72. The largest absolute Gasteiger partial charge is 0.152 e. The molecular weight excluding hydrogens is 367 g/mol. The predicted octanol–water partition coefficient (Wildman–Crippen LogP) is 6.81. The van der Waals surface area contributed by atoms with E-state index in [1.165, 1.54) is 64.3 Å². The summed E-state index contributed by atoms with van der Waals surface area (Å²) in [6, 6.07) is 16.2. The summed E-state index contributed by atoms with van der Waals surface area (Å²) >= 11 is 0.